The largest absolute Gasteiger partial charge is 0.384 e. The molecule has 0 aliphatic carbocycles. The van der Waals surface area contributed by atoms with E-state index in [0.29, 0.717) is 24.9 Å². The first-order valence-electron chi connectivity index (χ1n) is 4.42. The molecule has 0 fully saturated rings. The monoisotopic (exact) mass is 250 g/mol. The van der Waals surface area contributed by atoms with Crippen LogP contribution in [0.5, 0.6) is 0 Å². The van der Waals surface area contributed by atoms with Gasteiger partial charge in [-0.15, -0.1) is 10.2 Å². The number of rotatable bonds is 5. The molecule has 1 aromatic rings. The van der Waals surface area contributed by atoms with Crippen LogP contribution < -0.4 is 5.32 Å². The van der Waals surface area contributed by atoms with Crippen LogP contribution in [0.4, 0.5) is 5.82 Å². The highest BCUT2D eigenvalue weighted by atomic mass is 35.5. The van der Waals surface area contributed by atoms with E-state index in [-0.39, 0.29) is 10.4 Å². The second-order valence-corrected chi connectivity index (χ2v) is 3.86. The van der Waals surface area contributed by atoms with Gasteiger partial charge in [-0.2, -0.15) is 4.98 Å². The van der Waals surface area contributed by atoms with Crippen molar-refractivity contribution >= 4 is 29.0 Å². The van der Waals surface area contributed by atoms with Crippen molar-refractivity contribution in [3.05, 3.63) is 10.4 Å². The zero-order valence-electron chi connectivity index (χ0n) is 8.50. The molecular weight excluding hydrogens is 239 g/mol. The quantitative estimate of drug-likeness (QED) is 0.865. The Bertz CT molecular complexity index is 324. The maximum Gasteiger partial charge on any atom is 0.245 e. The summed E-state index contributed by atoms with van der Waals surface area (Å²) >= 11 is 11.4. The summed E-state index contributed by atoms with van der Waals surface area (Å²) in [5.41, 5.74) is 0. The molecule has 5 nitrogen and oxygen atoms in total. The molecule has 0 bridgehead atoms. The van der Waals surface area contributed by atoms with E-state index in [9.17, 15) is 0 Å². The SMILES string of the molecule is COCC(C)CNc1nc(Cl)nnc1Cl. The highest BCUT2D eigenvalue weighted by Crippen LogP contribution is 2.16. The maximum absolute atomic E-state index is 5.77. The molecule has 0 aliphatic rings. The molecule has 0 saturated heterocycles. The fourth-order valence-electron chi connectivity index (χ4n) is 1.02. The molecule has 0 aromatic carbocycles. The lowest BCUT2D eigenvalue weighted by molar-refractivity contribution is 0.164. The second kappa shape index (κ2) is 6.05. The number of aromatic nitrogens is 3. The van der Waals surface area contributed by atoms with Crippen LogP contribution in [-0.4, -0.2) is 35.4 Å². The molecule has 0 radical (unpaired) electrons. The fourth-order valence-corrected chi connectivity index (χ4v) is 1.29. The minimum atomic E-state index is 0.0706. The molecule has 1 unspecified atom stereocenters. The highest BCUT2D eigenvalue weighted by Gasteiger charge is 2.07. The molecule has 15 heavy (non-hydrogen) atoms. The Labute approximate surface area is 98.2 Å². The normalized spacial score (nSPS) is 12.5. The van der Waals surface area contributed by atoms with Gasteiger partial charge in [0.15, 0.2) is 11.0 Å². The molecule has 7 heteroatoms. The highest BCUT2D eigenvalue weighted by molar-refractivity contribution is 6.32. The third-order valence-electron chi connectivity index (χ3n) is 1.69. The molecule has 0 saturated carbocycles. The number of nitrogens with one attached hydrogen (secondary N) is 1. The van der Waals surface area contributed by atoms with Crippen molar-refractivity contribution in [2.24, 2.45) is 5.92 Å². The van der Waals surface area contributed by atoms with Gasteiger partial charge >= 0.3 is 0 Å². The van der Waals surface area contributed by atoms with Crippen molar-refractivity contribution in [2.75, 3.05) is 25.6 Å². The Morgan fingerprint density at radius 2 is 2.13 bits per heavy atom. The Morgan fingerprint density at radius 3 is 2.80 bits per heavy atom. The number of nitrogens with zero attached hydrogens (tertiary/aromatic N) is 3. The smallest absolute Gasteiger partial charge is 0.245 e. The van der Waals surface area contributed by atoms with Gasteiger partial charge in [-0.05, 0) is 17.5 Å². The number of hydrogen-bond acceptors (Lipinski definition) is 5. The summed E-state index contributed by atoms with van der Waals surface area (Å²) in [5.74, 6) is 0.791. The zero-order valence-corrected chi connectivity index (χ0v) is 10.0. The zero-order chi connectivity index (χ0) is 11.3. The third kappa shape index (κ3) is 4.15. The van der Waals surface area contributed by atoms with E-state index in [1.807, 2.05) is 6.92 Å². The van der Waals surface area contributed by atoms with Crippen LogP contribution in [0.15, 0.2) is 0 Å². The van der Waals surface area contributed by atoms with E-state index in [4.69, 9.17) is 27.9 Å². The Hall–Kier alpha value is -0.650. The van der Waals surface area contributed by atoms with Crippen LogP contribution in [0.1, 0.15) is 6.92 Å². The Kier molecular flexibility index (Phi) is 5.01. The van der Waals surface area contributed by atoms with Crippen LogP contribution in [-0.2, 0) is 4.74 Å². The first kappa shape index (κ1) is 12.4. The lowest BCUT2D eigenvalue weighted by atomic mass is 10.2. The van der Waals surface area contributed by atoms with Crippen LogP contribution in [0.3, 0.4) is 0 Å². The van der Waals surface area contributed by atoms with Gasteiger partial charge in [0.25, 0.3) is 0 Å². The summed E-state index contributed by atoms with van der Waals surface area (Å²) in [5, 5.41) is 10.5. The molecule has 1 aromatic heterocycles. The van der Waals surface area contributed by atoms with Crippen molar-refractivity contribution in [3.8, 4) is 0 Å². The summed E-state index contributed by atoms with van der Waals surface area (Å²) in [7, 11) is 1.66. The van der Waals surface area contributed by atoms with Gasteiger partial charge in [0, 0.05) is 13.7 Å². The topological polar surface area (TPSA) is 59.9 Å². The molecule has 1 rings (SSSR count). The summed E-state index contributed by atoms with van der Waals surface area (Å²) in [4.78, 5) is 3.91. The number of ether oxygens (including phenoxy) is 1. The minimum Gasteiger partial charge on any atom is -0.384 e. The van der Waals surface area contributed by atoms with Gasteiger partial charge in [0.05, 0.1) is 6.61 Å². The van der Waals surface area contributed by atoms with E-state index in [2.05, 4.69) is 20.5 Å². The van der Waals surface area contributed by atoms with Crippen molar-refractivity contribution in [1.29, 1.82) is 0 Å². The number of methoxy groups -OCH3 is 1. The third-order valence-corrected chi connectivity index (χ3v) is 2.10. The summed E-state index contributed by atoms with van der Waals surface area (Å²) < 4.78 is 5.00. The van der Waals surface area contributed by atoms with Crippen LogP contribution in [0, 0.1) is 5.92 Å². The van der Waals surface area contributed by atoms with Crippen molar-refractivity contribution < 1.29 is 4.74 Å². The predicted molar refractivity (Wildman–Crippen MR) is 59.4 cm³/mol. The molecule has 0 amide bonds. The van der Waals surface area contributed by atoms with E-state index in [0.717, 1.165) is 0 Å². The Balaban J connectivity index is 2.53. The lowest BCUT2D eigenvalue weighted by Gasteiger charge is -2.11. The predicted octanol–water partition coefficient (Wildman–Crippen LogP) is 1.87. The van der Waals surface area contributed by atoms with Gasteiger partial charge < -0.3 is 10.1 Å². The van der Waals surface area contributed by atoms with Crippen molar-refractivity contribution in [2.45, 2.75) is 6.92 Å². The van der Waals surface area contributed by atoms with E-state index >= 15 is 0 Å². The molecule has 0 spiro atoms. The van der Waals surface area contributed by atoms with E-state index < -0.39 is 0 Å². The van der Waals surface area contributed by atoms with Gasteiger partial charge in [0.1, 0.15) is 0 Å². The van der Waals surface area contributed by atoms with Crippen LogP contribution >= 0.6 is 23.2 Å². The molecule has 1 N–H and O–H groups in total. The molecular formula is C8H12Cl2N4O. The summed E-state index contributed by atoms with van der Waals surface area (Å²) in [6, 6.07) is 0. The lowest BCUT2D eigenvalue weighted by Crippen LogP contribution is -2.17. The van der Waals surface area contributed by atoms with Gasteiger partial charge in [-0.1, -0.05) is 18.5 Å². The molecule has 1 heterocycles. The first-order valence-corrected chi connectivity index (χ1v) is 5.17. The summed E-state index contributed by atoms with van der Waals surface area (Å²) in [6.07, 6.45) is 0. The van der Waals surface area contributed by atoms with Gasteiger partial charge in [0.2, 0.25) is 5.28 Å². The standard InChI is InChI=1S/C8H12Cl2N4O/c1-5(4-15-2)3-11-7-6(9)13-14-8(10)12-7/h5H,3-4H2,1-2H3,(H,11,12,14). The molecule has 0 aliphatic heterocycles. The first-order chi connectivity index (χ1) is 7.13. The number of halogens is 2. The van der Waals surface area contributed by atoms with Crippen LogP contribution in [0.2, 0.25) is 10.4 Å². The van der Waals surface area contributed by atoms with Gasteiger partial charge in [-0.3, -0.25) is 0 Å². The maximum atomic E-state index is 5.77. The van der Waals surface area contributed by atoms with Crippen molar-refractivity contribution in [1.82, 2.24) is 15.2 Å². The fraction of sp³-hybridized carbons (Fsp3) is 0.625. The number of anilines is 1. The molecule has 1 atom stereocenters. The van der Waals surface area contributed by atoms with E-state index in [1.165, 1.54) is 0 Å². The van der Waals surface area contributed by atoms with E-state index in [1.54, 1.807) is 7.11 Å². The van der Waals surface area contributed by atoms with Crippen molar-refractivity contribution in [3.63, 3.8) is 0 Å². The van der Waals surface area contributed by atoms with Gasteiger partial charge in [-0.25, -0.2) is 0 Å². The second-order valence-electron chi connectivity index (χ2n) is 3.16. The average molecular weight is 251 g/mol. The molecule has 84 valence electrons. The summed E-state index contributed by atoms with van der Waals surface area (Å²) in [6.45, 7) is 3.39. The minimum absolute atomic E-state index is 0.0706. The van der Waals surface area contributed by atoms with Crippen LogP contribution in [0.25, 0.3) is 0 Å². The average Bonchev–Trinajstić information content (AvgIpc) is 2.20. The number of hydrogen-bond donors (Lipinski definition) is 1. The Morgan fingerprint density at radius 1 is 1.40 bits per heavy atom.